The number of carbonyl (C=O) groups excluding carboxylic acids is 4. The normalized spacial score (nSPS) is 16.9. The molecule has 13 heteroatoms. The van der Waals surface area contributed by atoms with Gasteiger partial charge in [-0.2, -0.15) is 0 Å². The number of rotatable bonds is 86. The van der Waals surface area contributed by atoms with Crippen LogP contribution in [0.5, 0.6) is 0 Å². The fourth-order valence-electron chi connectivity index (χ4n) is 19.0. The zero-order valence-corrected chi connectivity index (χ0v) is 79.6. The number of nitrogens with zero attached hydrogens (tertiary/aromatic N) is 3. The van der Waals surface area contributed by atoms with Gasteiger partial charge in [-0.25, -0.2) is 0 Å². The minimum Gasteiger partial charge on any atom is -0.466 e. The van der Waals surface area contributed by atoms with Gasteiger partial charge in [-0.3, -0.25) is 19.2 Å². The van der Waals surface area contributed by atoms with E-state index in [1.54, 1.807) is 0 Å². The fraction of sp³-hybridized carbons (Fsp3) is 0.961. The molecule has 0 amide bonds. The van der Waals surface area contributed by atoms with E-state index < -0.39 is 5.79 Å². The Morgan fingerprint density at radius 3 is 1.07 bits per heavy atom. The van der Waals surface area contributed by atoms with Gasteiger partial charge in [0.15, 0.2) is 5.79 Å². The van der Waals surface area contributed by atoms with Crippen LogP contribution in [0.15, 0.2) is 0 Å². The van der Waals surface area contributed by atoms with E-state index in [4.69, 9.17) is 28.4 Å². The molecule has 0 aromatic carbocycles. The Hall–Kier alpha value is -2.32. The molecule has 2 fully saturated rings. The molecule has 2 aliphatic rings. The van der Waals surface area contributed by atoms with Crippen molar-refractivity contribution >= 4 is 23.9 Å². The van der Waals surface area contributed by atoms with Crippen molar-refractivity contribution in [3.63, 3.8) is 0 Å². The van der Waals surface area contributed by atoms with E-state index in [9.17, 15) is 19.2 Å². The molecule has 0 aliphatic carbocycles. The van der Waals surface area contributed by atoms with Crippen molar-refractivity contribution in [2.24, 2.45) is 41.4 Å². The molecule has 2 aliphatic heterocycles. The van der Waals surface area contributed by atoms with Crippen molar-refractivity contribution in [1.82, 2.24) is 14.7 Å². The number of esters is 4. The van der Waals surface area contributed by atoms with Crippen LogP contribution in [-0.2, 0) is 47.6 Å². The maximum Gasteiger partial charge on any atom is 0.306 e. The van der Waals surface area contributed by atoms with E-state index in [-0.39, 0.29) is 30.0 Å². The molecule has 0 aromatic heterocycles. The van der Waals surface area contributed by atoms with Crippen LogP contribution in [0.1, 0.15) is 493 Å². The van der Waals surface area contributed by atoms with Gasteiger partial charge in [0.2, 0.25) is 0 Å². The van der Waals surface area contributed by atoms with E-state index in [0.717, 1.165) is 160 Å². The van der Waals surface area contributed by atoms with Crippen LogP contribution >= 0.6 is 0 Å². The predicted molar refractivity (Wildman–Crippen MR) is 494 cm³/mol. The number of hydrogen-bond acceptors (Lipinski definition) is 13. The Bertz CT molecular complexity index is 2180. The summed E-state index contributed by atoms with van der Waals surface area (Å²) in [5, 5.41) is 0. The summed E-state index contributed by atoms with van der Waals surface area (Å²) in [6.07, 6.45) is 76.4. The van der Waals surface area contributed by atoms with Gasteiger partial charge < -0.3 is 43.1 Å². The Morgan fingerprint density at radius 1 is 0.353 bits per heavy atom. The van der Waals surface area contributed by atoms with Gasteiger partial charge >= 0.3 is 23.9 Å². The van der Waals surface area contributed by atoms with E-state index in [1.807, 2.05) is 0 Å². The molecule has 0 aromatic rings. The average Bonchev–Trinajstić information content (AvgIpc) is 1.76. The zero-order valence-electron chi connectivity index (χ0n) is 79.6. The van der Waals surface area contributed by atoms with Crippen LogP contribution in [-0.4, -0.2) is 143 Å². The third-order valence-electron chi connectivity index (χ3n) is 26.8. The molecule has 7 unspecified atom stereocenters. The molecule has 13 nitrogen and oxygen atoms in total. The highest BCUT2D eigenvalue weighted by Gasteiger charge is 2.41. The van der Waals surface area contributed by atoms with Crippen LogP contribution < -0.4 is 0 Å². The highest BCUT2D eigenvalue weighted by atomic mass is 16.7. The number of ether oxygens (including phenoxy) is 6. The van der Waals surface area contributed by atoms with E-state index in [2.05, 4.69) is 98.0 Å². The van der Waals surface area contributed by atoms with E-state index in [1.165, 1.54) is 283 Å². The van der Waals surface area contributed by atoms with Crippen LogP contribution in [0.3, 0.4) is 0 Å². The smallest absolute Gasteiger partial charge is 0.306 e. The molecule has 0 saturated carbocycles. The maximum atomic E-state index is 13.8. The molecule has 7 atom stereocenters. The summed E-state index contributed by atoms with van der Waals surface area (Å²) in [7, 11) is 4.47. The molecule has 0 spiro atoms. The summed E-state index contributed by atoms with van der Waals surface area (Å²) in [6, 6.07) is 0.477. The van der Waals surface area contributed by atoms with E-state index in [0.29, 0.717) is 100 Å². The van der Waals surface area contributed by atoms with Crippen molar-refractivity contribution in [1.29, 1.82) is 0 Å². The van der Waals surface area contributed by atoms with Gasteiger partial charge in [-0.05, 0) is 166 Å². The molecule has 116 heavy (non-hydrogen) atoms. The summed E-state index contributed by atoms with van der Waals surface area (Å²) in [5.74, 6) is 3.01. The molecule has 0 radical (unpaired) electrons. The molecule has 0 N–H and O–H groups in total. The number of hydrogen-bond donors (Lipinski definition) is 0. The van der Waals surface area contributed by atoms with Gasteiger partial charge in [0.1, 0.15) is 0 Å². The Kier molecular flexibility index (Phi) is 73.3. The number of piperazine rings is 1. The first kappa shape index (κ1) is 110. The maximum absolute atomic E-state index is 13.8. The van der Waals surface area contributed by atoms with Crippen LogP contribution in [0.4, 0.5) is 0 Å². The second-order valence-corrected chi connectivity index (χ2v) is 38.1. The standard InChI is InChI=1S/C103H199N3O10/c1-13-21-51-66-92(67-52-22-14-2)84-100(108)112-79-59-48-41-33-29-37-45-56-72-103(115-89-97(116-103)88-105(12)90(9)10)73-57-46-38-30-34-42-49-60-80-113-101(109)85-94(70-53-23-15-3)82-95(62-19-7)98(63-20-8)96(71-26-18-6)86-102(110)114-81-61-50-40-32-28-36-44-55-69-93(87-106-76-74-104(11)75-77-106)68-54-43-35-27-31-39-47-58-78-111-99(107)83-91(64-24-16-4)65-25-17-5/h90-98H,13-89H2,1-12H3. The predicted octanol–water partition coefficient (Wildman–Crippen LogP) is 29.1. The lowest BCUT2D eigenvalue weighted by atomic mass is 9.70. The van der Waals surface area contributed by atoms with Gasteiger partial charge in [0.05, 0.1) is 39.1 Å². The van der Waals surface area contributed by atoms with Crippen molar-refractivity contribution in [2.75, 3.05) is 86.4 Å². The summed E-state index contributed by atoms with van der Waals surface area (Å²) >= 11 is 0. The fourth-order valence-corrected chi connectivity index (χ4v) is 19.0. The molecular formula is C103H199N3O10. The Balaban J connectivity index is 1.72. The van der Waals surface area contributed by atoms with Crippen LogP contribution in [0.25, 0.3) is 0 Å². The SMILES string of the molecule is CCCCCC(CCCCC)CC(=O)OCCCCCCCCCCC1(CCCCCCCCCCOC(=O)CC(CCCCC)CC(CCC)C(CCC)C(CCCC)CC(=O)OCCCCCCCCCCC(CCCCCCCCCCOC(=O)CC(CCCC)CCCC)CN2CCN(C)CC2)OCC(CN(C)C(C)C)O1. The largest absolute Gasteiger partial charge is 0.466 e. The summed E-state index contributed by atoms with van der Waals surface area (Å²) in [6.45, 7) is 32.7. The van der Waals surface area contributed by atoms with Crippen LogP contribution in [0.2, 0.25) is 0 Å². The first-order valence-electron chi connectivity index (χ1n) is 51.6. The number of unbranched alkanes of at least 4 members (excludes halogenated alkanes) is 37. The van der Waals surface area contributed by atoms with Crippen molar-refractivity contribution in [3.05, 3.63) is 0 Å². The second kappa shape index (κ2) is 77.5. The van der Waals surface area contributed by atoms with Crippen molar-refractivity contribution in [2.45, 2.75) is 511 Å². The summed E-state index contributed by atoms with van der Waals surface area (Å²) in [5.41, 5.74) is 0. The molecule has 0 bridgehead atoms. The molecule has 686 valence electrons. The second-order valence-electron chi connectivity index (χ2n) is 38.1. The molecule has 2 saturated heterocycles. The summed E-state index contributed by atoms with van der Waals surface area (Å²) < 4.78 is 37.0. The van der Waals surface area contributed by atoms with Gasteiger partial charge in [-0.15, -0.1) is 0 Å². The number of likely N-dealkylation sites (N-methyl/N-ethyl adjacent to an activating group) is 2. The topological polar surface area (TPSA) is 133 Å². The molecular weight excluding hydrogens is 1440 g/mol. The highest BCUT2D eigenvalue weighted by Crippen LogP contribution is 2.41. The summed E-state index contributed by atoms with van der Waals surface area (Å²) in [4.78, 5) is 60.4. The quantitative estimate of drug-likeness (QED) is 0.0325. The average molecular weight is 1640 g/mol. The molecule has 2 rings (SSSR count). The van der Waals surface area contributed by atoms with Gasteiger partial charge in [0, 0.05) is 83.8 Å². The Labute approximate surface area is 721 Å². The van der Waals surface area contributed by atoms with Gasteiger partial charge in [0.25, 0.3) is 0 Å². The minimum absolute atomic E-state index is 0.00547. The number of carbonyl (C=O) groups is 4. The third-order valence-corrected chi connectivity index (χ3v) is 26.8. The van der Waals surface area contributed by atoms with Crippen molar-refractivity contribution in [3.8, 4) is 0 Å². The van der Waals surface area contributed by atoms with Crippen molar-refractivity contribution < 1.29 is 47.6 Å². The monoisotopic (exact) mass is 1640 g/mol. The minimum atomic E-state index is -0.447. The van der Waals surface area contributed by atoms with Crippen LogP contribution in [0, 0.1) is 41.4 Å². The zero-order chi connectivity index (χ0) is 84.4. The first-order chi connectivity index (χ1) is 56.6. The molecule has 2 heterocycles. The van der Waals surface area contributed by atoms with E-state index >= 15 is 0 Å². The third kappa shape index (κ3) is 61.1. The lowest BCUT2D eigenvalue weighted by Crippen LogP contribution is -2.46. The Morgan fingerprint density at radius 2 is 0.681 bits per heavy atom. The first-order valence-corrected chi connectivity index (χ1v) is 51.6. The lowest BCUT2D eigenvalue weighted by molar-refractivity contribution is -0.181. The van der Waals surface area contributed by atoms with Gasteiger partial charge in [-0.1, -0.05) is 344 Å². The lowest BCUT2D eigenvalue weighted by Gasteiger charge is -2.36. The highest BCUT2D eigenvalue weighted by molar-refractivity contribution is 5.70.